The molecule has 0 spiro atoms. The van der Waals surface area contributed by atoms with Gasteiger partial charge in [0.1, 0.15) is 5.82 Å². The number of aliphatic hydroxyl groups excluding tert-OH is 1. The maximum atomic E-state index is 13.2. The first-order chi connectivity index (χ1) is 8.19. The third-order valence-electron chi connectivity index (χ3n) is 2.09. The molecule has 0 aliphatic heterocycles. The zero-order valence-corrected chi connectivity index (χ0v) is 8.73. The van der Waals surface area contributed by atoms with Crippen molar-refractivity contribution in [3.05, 3.63) is 53.7 Å². The van der Waals surface area contributed by atoms with E-state index in [0.29, 0.717) is 5.56 Å². The topological polar surface area (TPSA) is 42.4 Å². The molecular weight excluding hydrogens is 228 g/mol. The van der Waals surface area contributed by atoms with Crippen LogP contribution in [0.5, 0.6) is 11.6 Å². The second-order valence-electron chi connectivity index (χ2n) is 3.34. The number of halogens is 2. The second-order valence-corrected chi connectivity index (χ2v) is 3.34. The van der Waals surface area contributed by atoms with Crippen molar-refractivity contribution in [1.82, 2.24) is 4.98 Å². The SMILES string of the molecule is OCc1ccc(Oc2cc(F)ccc2F)nc1. The smallest absolute Gasteiger partial charge is 0.219 e. The maximum absolute atomic E-state index is 13.2. The molecule has 88 valence electrons. The van der Waals surface area contributed by atoms with Gasteiger partial charge in [-0.25, -0.2) is 13.8 Å². The fourth-order valence-electron chi connectivity index (χ4n) is 1.23. The van der Waals surface area contributed by atoms with Crippen molar-refractivity contribution >= 4 is 0 Å². The Kier molecular flexibility index (Phi) is 3.30. The minimum Gasteiger partial charge on any atom is -0.436 e. The van der Waals surface area contributed by atoms with Gasteiger partial charge in [0, 0.05) is 18.3 Å². The van der Waals surface area contributed by atoms with Crippen molar-refractivity contribution in [3.8, 4) is 11.6 Å². The summed E-state index contributed by atoms with van der Waals surface area (Å²) in [5.41, 5.74) is 0.608. The van der Waals surface area contributed by atoms with E-state index in [9.17, 15) is 8.78 Å². The van der Waals surface area contributed by atoms with Gasteiger partial charge in [0.15, 0.2) is 11.6 Å². The van der Waals surface area contributed by atoms with Gasteiger partial charge in [-0.15, -0.1) is 0 Å². The van der Waals surface area contributed by atoms with Crippen molar-refractivity contribution in [2.24, 2.45) is 0 Å². The van der Waals surface area contributed by atoms with E-state index < -0.39 is 11.6 Å². The first kappa shape index (κ1) is 11.5. The molecule has 1 heterocycles. The van der Waals surface area contributed by atoms with E-state index >= 15 is 0 Å². The number of pyridine rings is 1. The zero-order valence-electron chi connectivity index (χ0n) is 8.73. The van der Waals surface area contributed by atoms with Crippen LogP contribution in [0.2, 0.25) is 0 Å². The molecular formula is C12H9F2NO2. The molecule has 0 aliphatic rings. The van der Waals surface area contributed by atoms with Gasteiger partial charge in [-0.2, -0.15) is 0 Å². The molecule has 0 unspecified atom stereocenters. The highest BCUT2D eigenvalue weighted by molar-refractivity contribution is 5.29. The number of benzene rings is 1. The number of aliphatic hydroxyl groups is 1. The van der Waals surface area contributed by atoms with Gasteiger partial charge >= 0.3 is 0 Å². The van der Waals surface area contributed by atoms with Gasteiger partial charge in [0.25, 0.3) is 0 Å². The number of nitrogens with zero attached hydrogens (tertiary/aromatic N) is 1. The molecule has 0 aliphatic carbocycles. The highest BCUT2D eigenvalue weighted by Gasteiger charge is 2.07. The normalized spacial score (nSPS) is 10.3. The molecule has 2 rings (SSSR count). The molecule has 0 saturated carbocycles. The Morgan fingerprint density at radius 2 is 2.00 bits per heavy atom. The minimum absolute atomic E-state index is 0.131. The molecule has 2 aromatic rings. The molecule has 0 saturated heterocycles. The summed E-state index contributed by atoms with van der Waals surface area (Å²) in [5, 5.41) is 8.81. The van der Waals surface area contributed by atoms with Crippen LogP contribution in [-0.4, -0.2) is 10.1 Å². The lowest BCUT2D eigenvalue weighted by atomic mass is 10.3. The van der Waals surface area contributed by atoms with Crippen LogP contribution in [0.1, 0.15) is 5.56 Å². The monoisotopic (exact) mass is 237 g/mol. The Morgan fingerprint density at radius 3 is 2.65 bits per heavy atom. The van der Waals surface area contributed by atoms with Crippen LogP contribution in [0.3, 0.4) is 0 Å². The molecule has 5 heteroatoms. The first-order valence-electron chi connectivity index (χ1n) is 4.88. The van der Waals surface area contributed by atoms with Crippen LogP contribution in [0.25, 0.3) is 0 Å². The van der Waals surface area contributed by atoms with E-state index in [0.717, 1.165) is 18.2 Å². The lowest BCUT2D eigenvalue weighted by Gasteiger charge is -2.06. The number of hydrogen-bond donors (Lipinski definition) is 1. The standard InChI is InChI=1S/C12H9F2NO2/c13-9-2-3-10(14)11(5-9)17-12-4-1-8(7-16)6-15-12/h1-6,16H,7H2. The van der Waals surface area contributed by atoms with E-state index in [4.69, 9.17) is 9.84 Å². The molecule has 0 atom stereocenters. The lowest BCUT2D eigenvalue weighted by molar-refractivity contribution is 0.281. The number of ether oxygens (including phenoxy) is 1. The molecule has 0 fully saturated rings. The van der Waals surface area contributed by atoms with Crippen molar-refractivity contribution in [3.63, 3.8) is 0 Å². The lowest BCUT2D eigenvalue weighted by Crippen LogP contribution is -1.93. The molecule has 3 nitrogen and oxygen atoms in total. The molecule has 1 N–H and O–H groups in total. The van der Waals surface area contributed by atoms with Gasteiger partial charge < -0.3 is 9.84 Å². The quantitative estimate of drug-likeness (QED) is 0.892. The van der Waals surface area contributed by atoms with Gasteiger partial charge in [-0.05, 0) is 23.8 Å². The fraction of sp³-hybridized carbons (Fsp3) is 0.0833. The van der Waals surface area contributed by atoms with Crippen LogP contribution >= 0.6 is 0 Å². The van der Waals surface area contributed by atoms with Gasteiger partial charge in [0.05, 0.1) is 6.61 Å². The van der Waals surface area contributed by atoms with Gasteiger partial charge in [0.2, 0.25) is 5.88 Å². The summed E-state index contributed by atoms with van der Waals surface area (Å²) >= 11 is 0. The molecule has 1 aromatic heterocycles. The number of hydrogen-bond acceptors (Lipinski definition) is 3. The number of aromatic nitrogens is 1. The zero-order chi connectivity index (χ0) is 12.3. The van der Waals surface area contributed by atoms with E-state index in [1.54, 1.807) is 6.07 Å². The van der Waals surface area contributed by atoms with Crippen LogP contribution in [0.4, 0.5) is 8.78 Å². The van der Waals surface area contributed by atoms with E-state index in [1.165, 1.54) is 12.3 Å². The molecule has 0 amide bonds. The van der Waals surface area contributed by atoms with E-state index in [2.05, 4.69) is 4.98 Å². The summed E-state index contributed by atoms with van der Waals surface area (Å²) in [4.78, 5) is 3.84. The Morgan fingerprint density at radius 1 is 1.18 bits per heavy atom. The number of rotatable bonds is 3. The third-order valence-corrected chi connectivity index (χ3v) is 2.09. The van der Waals surface area contributed by atoms with Crippen LogP contribution < -0.4 is 4.74 Å². The summed E-state index contributed by atoms with van der Waals surface area (Å²) in [6.45, 7) is -0.137. The molecule has 0 radical (unpaired) electrons. The predicted octanol–water partition coefficient (Wildman–Crippen LogP) is 2.64. The molecule has 1 aromatic carbocycles. The minimum atomic E-state index is -0.667. The Labute approximate surface area is 96.3 Å². The Bertz CT molecular complexity index is 514. The fourth-order valence-corrected chi connectivity index (χ4v) is 1.23. The van der Waals surface area contributed by atoms with Crippen LogP contribution in [-0.2, 0) is 6.61 Å². The summed E-state index contributed by atoms with van der Waals surface area (Å²) in [5.74, 6) is -1.35. The van der Waals surface area contributed by atoms with Crippen molar-refractivity contribution in [1.29, 1.82) is 0 Å². The highest BCUT2D eigenvalue weighted by Crippen LogP contribution is 2.23. The van der Waals surface area contributed by atoms with Crippen molar-refractivity contribution in [2.75, 3.05) is 0 Å². The summed E-state index contributed by atoms with van der Waals surface area (Å²) in [6, 6.07) is 5.98. The van der Waals surface area contributed by atoms with Crippen molar-refractivity contribution < 1.29 is 18.6 Å². The van der Waals surface area contributed by atoms with E-state index in [1.807, 2.05) is 0 Å². The first-order valence-corrected chi connectivity index (χ1v) is 4.88. The average Bonchev–Trinajstić information content (AvgIpc) is 2.35. The van der Waals surface area contributed by atoms with Crippen LogP contribution in [0.15, 0.2) is 36.5 Å². The predicted molar refractivity (Wildman–Crippen MR) is 56.6 cm³/mol. The Hall–Kier alpha value is -2.01. The largest absolute Gasteiger partial charge is 0.436 e. The average molecular weight is 237 g/mol. The Balaban J connectivity index is 2.22. The highest BCUT2D eigenvalue weighted by atomic mass is 19.1. The molecule has 17 heavy (non-hydrogen) atoms. The van der Waals surface area contributed by atoms with Gasteiger partial charge in [-0.3, -0.25) is 0 Å². The molecule has 0 bridgehead atoms. The third kappa shape index (κ3) is 2.76. The maximum Gasteiger partial charge on any atom is 0.219 e. The van der Waals surface area contributed by atoms with Gasteiger partial charge in [-0.1, -0.05) is 0 Å². The van der Waals surface area contributed by atoms with E-state index in [-0.39, 0.29) is 18.2 Å². The van der Waals surface area contributed by atoms with Crippen molar-refractivity contribution in [2.45, 2.75) is 6.61 Å². The summed E-state index contributed by atoms with van der Waals surface area (Å²) in [7, 11) is 0. The second kappa shape index (κ2) is 4.88. The summed E-state index contributed by atoms with van der Waals surface area (Å²) < 4.78 is 31.2. The summed E-state index contributed by atoms with van der Waals surface area (Å²) in [6.07, 6.45) is 1.40. The van der Waals surface area contributed by atoms with Crippen LogP contribution in [0, 0.1) is 11.6 Å².